The van der Waals surface area contributed by atoms with Crippen molar-refractivity contribution in [1.29, 1.82) is 0 Å². The fraction of sp³-hybridized carbons (Fsp3) is 0.783. The van der Waals surface area contributed by atoms with Gasteiger partial charge in [0.1, 0.15) is 18.1 Å². The number of aliphatic imine (C=N–C) groups is 1. The molecule has 1 aliphatic rings. The lowest BCUT2D eigenvalue weighted by Crippen LogP contribution is -2.57. The number of carboxylic acids is 1. The lowest BCUT2D eigenvalue weighted by Gasteiger charge is -2.29. The molecule has 4 unspecified atom stereocenters. The van der Waals surface area contributed by atoms with Crippen LogP contribution < -0.4 is 27.8 Å². The Morgan fingerprint density at radius 2 is 1.60 bits per heavy atom. The van der Waals surface area contributed by atoms with E-state index in [1.165, 1.54) is 4.90 Å². The van der Waals surface area contributed by atoms with Gasteiger partial charge in [0.15, 0.2) is 5.96 Å². The smallest absolute Gasteiger partial charge is 0.326 e. The summed E-state index contributed by atoms with van der Waals surface area (Å²) in [5.41, 5.74) is 16.7. The van der Waals surface area contributed by atoms with E-state index in [4.69, 9.17) is 17.2 Å². The third-order valence-electron chi connectivity index (χ3n) is 5.78. The summed E-state index contributed by atoms with van der Waals surface area (Å²) in [4.78, 5) is 55.9. The molecule has 1 heterocycles. The fourth-order valence-corrected chi connectivity index (χ4v) is 4.12. The van der Waals surface area contributed by atoms with Gasteiger partial charge in [0.2, 0.25) is 17.7 Å². The van der Waals surface area contributed by atoms with Crippen LogP contribution in [0.4, 0.5) is 0 Å². The van der Waals surface area contributed by atoms with E-state index in [1.54, 1.807) is 0 Å². The predicted octanol–water partition coefficient (Wildman–Crippen LogP) is -0.495. The summed E-state index contributed by atoms with van der Waals surface area (Å²) >= 11 is 0. The zero-order valence-electron chi connectivity index (χ0n) is 21.3. The highest BCUT2D eigenvalue weighted by Crippen LogP contribution is 2.20. The van der Waals surface area contributed by atoms with E-state index in [1.807, 2.05) is 27.7 Å². The summed E-state index contributed by atoms with van der Waals surface area (Å²) in [6.45, 7) is 8.28. The Kier molecular flexibility index (Phi) is 12.5. The van der Waals surface area contributed by atoms with Crippen LogP contribution in [0.3, 0.4) is 0 Å². The molecule has 0 bridgehead atoms. The van der Waals surface area contributed by atoms with Gasteiger partial charge in [0.05, 0.1) is 6.04 Å². The van der Waals surface area contributed by atoms with Crippen LogP contribution in [0.2, 0.25) is 0 Å². The maximum Gasteiger partial charge on any atom is 0.326 e. The number of carboxylic acid groups (broad SMARTS) is 1. The van der Waals surface area contributed by atoms with Gasteiger partial charge in [-0.25, -0.2) is 4.79 Å². The number of nitrogens with one attached hydrogen (secondary N) is 2. The number of hydrogen-bond donors (Lipinski definition) is 6. The van der Waals surface area contributed by atoms with Gasteiger partial charge in [-0.15, -0.1) is 0 Å². The Morgan fingerprint density at radius 1 is 1.00 bits per heavy atom. The zero-order valence-corrected chi connectivity index (χ0v) is 21.3. The summed E-state index contributed by atoms with van der Waals surface area (Å²) in [7, 11) is 0. The number of amides is 3. The molecule has 1 fully saturated rings. The molecule has 12 nitrogen and oxygen atoms in total. The molecule has 0 aromatic heterocycles. The van der Waals surface area contributed by atoms with E-state index < -0.39 is 47.9 Å². The highest BCUT2D eigenvalue weighted by molar-refractivity contribution is 5.94. The van der Waals surface area contributed by atoms with E-state index in [-0.39, 0.29) is 30.8 Å². The molecular formula is C23H43N7O5. The van der Waals surface area contributed by atoms with Crippen LogP contribution in [0.5, 0.6) is 0 Å². The van der Waals surface area contributed by atoms with Gasteiger partial charge in [0, 0.05) is 13.1 Å². The van der Waals surface area contributed by atoms with E-state index in [0.29, 0.717) is 38.6 Å². The average Bonchev–Trinajstić information content (AvgIpc) is 3.24. The number of guanidine groups is 1. The first-order valence-corrected chi connectivity index (χ1v) is 12.3. The Morgan fingerprint density at radius 3 is 2.14 bits per heavy atom. The number of hydrogen-bond acceptors (Lipinski definition) is 6. The fourth-order valence-electron chi connectivity index (χ4n) is 4.12. The summed E-state index contributed by atoms with van der Waals surface area (Å²) < 4.78 is 0. The van der Waals surface area contributed by atoms with Crippen LogP contribution >= 0.6 is 0 Å². The standard InChI is InChI=1S/C23H43N7O5/c1-13(2)11-15(24)19(31)29-17(12-14(3)4)20(32)28-16(7-5-9-27-23(25)26)21(33)30-10-6-8-18(30)22(34)35/h13-18H,5-12,24H2,1-4H3,(H,28,32)(H,29,31)(H,34,35)(H4,25,26,27). The normalized spacial score (nSPS) is 18.1. The number of carbonyl (C=O) groups excluding carboxylic acids is 3. The van der Waals surface area contributed by atoms with E-state index in [9.17, 15) is 24.3 Å². The summed E-state index contributed by atoms with van der Waals surface area (Å²) in [5.74, 6) is -2.29. The van der Waals surface area contributed by atoms with Gasteiger partial charge in [0.25, 0.3) is 0 Å². The van der Waals surface area contributed by atoms with E-state index >= 15 is 0 Å². The van der Waals surface area contributed by atoms with Crippen LogP contribution in [-0.2, 0) is 19.2 Å². The van der Waals surface area contributed by atoms with Crippen molar-refractivity contribution >= 4 is 29.7 Å². The number of rotatable bonds is 14. The van der Waals surface area contributed by atoms with Crippen LogP contribution in [0.15, 0.2) is 4.99 Å². The first kappa shape index (κ1) is 30.1. The molecule has 0 aliphatic carbocycles. The number of nitrogens with zero attached hydrogens (tertiary/aromatic N) is 2. The molecule has 1 saturated heterocycles. The Labute approximate surface area is 207 Å². The molecular weight excluding hydrogens is 454 g/mol. The molecule has 12 heteroatoms. The van der Waals surface area contributed by atoms with Crippen molar-refractivity contribution in [1.82, 2.24) is 15.5 Å². The second-order valence-corrected chi connectivity index (χ2v) is 9.96. The van der Waals surface area contributed by atoms with Crippen molar-refractivity contribution in [2.45, 2.75) is 90.4 Å². The number of carbonyl (C=O) groups is 4. The summed E-state index contributed by atoms with van der Waals surface area (Å²) in [6, 6.07) is -3.55. The third kappa shape index (κ3) is 10.5. The van der Waals surface area contributed by atoms with Gasteiger partial charge in [-0.2, -0.15) is 0 Å². The molecule has 0 aromatic carbocycles. The van der Waals surface area contributed by atoms with Crippen molar-refractivity contribution in [2.24, 2.45) is 34.0 Å². The highest BCUT2D eigenvalue weighted by atomic mass is 16.4. The Bertz CT molecular complexity index is 767. The van der Waals surface area contributed by atoms with Crippen molar-refractivity contribution < 1.29 is 24.3 Å². The van der Waals surface area contributed by atoms with Gasteiger partial charge in [-0.05, 0) is 50.4 Å². The van der Waals surface area contributed by atoms with E-state index in [2.05, 4.69) is 15.6 Å². The van der Waals surface area contributed by atoms with Crippen LogP contribution in [0, 0.1) is 11.8 Å². The molecule has 4 atom stereocenters. The molecule has 0 spiro atoms. The summed E-state index contributed by atoms with van der Waals surface area (Å²) in [6.07, 6.45) is 2.34. The predicted molar refractivity (Wildman–Crippen MR) is 133 cm³/mol. The van der Waals surface area contributed by atoms with Crippen molar-refractivity contribution in [2.75, 3.05) is 13.1 Å². The first-order valence-electron chi connectivity index (χ1n) is 12.3. The largest absolute Gasteiger partial charge is 0.480 e. The van der Waals surface area contributed by atoms with Crippen LogP contribution in [0.1, 0.15) is 66.2 Å². The van der Waals surface area contributed by atoms with Gasteiger partial charge in [-0.1, -0.05) is 27.7 Å². The molecule has 0 radical (unpaired) electrons. The summed E-state index contributed by atoms with van der Waals surface area (Å²) in [5, 5.41) is 15.0. The van der Waals surface area contributed by atoms with Gasteiger partial charge < -0.3 is 37.8 Å². The Hall–Kier alpha value is -2.89. The molecule has 1 rings (SSSR count). The number of likely N-dealkylation sites (tertiary alicyclic amines) is 1. The zero-order chi connectivity index (χ0) is 26.7. The van der Waals surface area contributed by atoms with E-state index in [0.717, 1.165) is 0 Å². The molecule has 200 valence electrons. The van der Waals surface area contributed by atoms with Crippen LogP contribution in [0.25, 0.3) is 0 Å². The number of aliphatic carboxylic acids is 1. The van der Waals surface area contributed by atoms with Crippen LogP contribution in [-0.4, -0.2) is 76.9 Å². The average molecular weight is 498 g/mol. The van der Waals surface area contributed by atoms with Crippen molar-refractivity contribution in [3.8, 4) is 0 Å². The Balaban J connectivity index is 3.03. The highest BCUT2D eigenvalue weighted by Gasteiger charge is 2.38. The third-order valence-corrected chi connectivity index (χ3v) is 5.78. The molecule has 9 N–H and O–H groups in total. The maximum atomic E-state index is 13.3. The molecule has 0 saturated carbocycles. The molecule has 1 aliphatic heterocycles. The first-order chi connectivity index (χ1) is 16.3. The monoisotopic (exact) mass is 497 g/mol. The second-order valence-electron chi connectivity index (χ2n) is 9.96. The lowest BCUT2D eigenvalue weighted by molar-refractivity contribution is -0.149. The molecule has 35 heavy (non-hydrogen) atoms. The van der Waals surface area contributed by atoms with Crippen molar-refractivity contribution in [3.63, 3.8) is 0 Å². The number of nitrogens with two attached hydrogens (primary N) is 3. The van der Waals surface area contributed by atoms with Gasteiger partial charge in [-0.3, -0.25) is 19.4 Å². The second kappa shape index (κ2) is 14.5. The quantitative estimate of drug-likeness (QED) is 0.104. The lowest BCUT2D eigenvalue weighted by atomic mass is 10.00. The minimum Gasteiger partial charge on any atom is -0.480 e. The minimum absolute atomic E-state index is 0.0818. The van der Waals surface area contributed by atoms with Gasteiger partial charge >= 0.3 is 5.97 Å². The molecule has 3 amide bonds. The van der Waals surface area contributed by atoms with Crippen molar-refractivity contribution in [3.05, 3.63) is 0 Å². The molecule has 0 aromatic rings. The maximum absolute atomic E-state index is 13.3. The topological polar surface area (TPSA) is 206 Å². The minimum atomic E-state index is -1.08. The SMILES string of the molecule is CC(C)CC(N)C(=O)NC(CC(C)C)C(=O)NC(CCCN=C(N)N)C(=O)N1CCCC1C(=O)O.